The van der Waals surface area contributed by atoms with Gasteiger partial charge in [0.15, 0.2) is 5.96 Å². The zero-order valence-corrected chi connectivity index (χ0v) is 14.2. The molecule has 0 bridgehead atoms. The van der Waals surface area contributed by atoms with Gasteiger partial charge in [0.2, 0.25) is 0 Å². The molecule has 22 heavy (non-hydrogen) atoms. The third-order valence-corrected chi connectivity index (χ3v) is 4.24. The van der Waals surface area contributed by atoms with Crippen molar-refractivity contribution < 1.29 is 0 Å². The Morgan fingerprint density at radius 2 is 1.86 bits per heavy atom. The smallest absolute Gasteiger partial charge is 0.191 e. The molecule has 0 aliphatic carbocycles. The summed E-state index contributed by atoms with van der Waals surface area (Å²) in [7, 11) is 1.81. The monoisotopic (exact) mass is 322 g/mol. The fourth-order valence-electron chi connectivity index (χ4n) is 2.68. The Labute approximate surface area is 138 Å². The highest BCUT2D eigenvalue weighted by Crippen LogP contribution is 2.09. The average molecular weight is 323 g/mol. The van der Waals surface area contributed by atoms with E-state index in [2.05, 4.69) is 20.5 Å². The number of nitrogens with zero attached hydrogens (tertiary/aromatic N) is 2. The van der Waals surface area contributed by atoms with Gasteiger partial charge in [0.05, 0.1) is 0 Å². The summed E-state index contributed by atoms with van der Waals surface area (Å²) in [6.45, 7) is 5.53. The number of unbranched alkanes of at least 4 members (excludes halogenated alkanes) is 1. The van der Waals surface area contributed by atoms with Crippen molar-refractivity contribution in [1.82, 2.24) is 15.5 Å². The van der Waals surface area contributed by atoms with E-state index in [0.29, 0.717) is 0 Å². The van der Waals surface area contributed by atoms with E-state index in [9.17, 15) is 0 Å². The Morgan fingerprint density at radius 1 is 1.14 bits per heavy atom. The molecule has 1 aromatic rings. The fraction of sp³-hybridized carbons (Fsp3) is 0.588. The van der Waals surface area contributed by atoms with Gasteiger partial charge in [0, 0.05) is 25.2 Å². The van der Waals surface area contributed by atoms with Crippen LogP contribution in [0.15, 0.2) is 29.3 Å². The normalized spacial score (nSPS) is 16.0. The van der Waals surface area contributed by atoms with E-state index < -0.39 is 0 Å². The summed E-state index contributed by atoms with van der Waals surface area (Å²) in [6, 6.07) is 7.87. The first-order valence-corrected chi connectivity index (χ1v) is 8.57. The Bertz CT molecular complexity index is 452. The van der Waals surface area contributed by atoms with Gasteiger partial charge in [-0.3, -0.25) is 4.99 Å². The van der Waals surface area contributed by atoms with Crippen LogP contribution in [0.25, 0.3) is 0 Å². The summed E-state index contributed by atoms with van der Waals surface area (Å²) in [4.78, 5) is 6.82. The molecule has 0 unspecified atom stereocenters. The summed E-state index contributed by atoms with van der Waals surface area (Å²) in [5, 5.41) is 7.46. The van der Waals surface area contributed by atoms with Crippen molar-refractivity contribution in [2.24, 2.45) is 4.99 Å². The van der Waals surface area contributed by atoms with Gasteiger partial charge in [-0.15, -0.1) is 0 Å². The van der Waals surface area contributed by atoms with E-state index >= 15 is 0 Å². The van der Waals surface area contributed by atoms with Crippen molar-refractivity contribution in [3.05, 3.63) is 34.9 Å². The van der Waals surface area contributed by atoms with Crippen molar-refractivity contribution in [3.63, 3.8) is 0 Å². The first kappa shape index (κ1) is 17.1. The number of aliphatic imine (C=N–C) groups is 1. The van der Waals surface area contributed by atoms with Crippen molar-refractivity contribution in [2.75, 3.05) is 33.2 Å². The quantitative estimate of drug-likeness (QED) is 0.460. The van der Waals surface area contributed by atoms with Gasteiger partial charge in [0.1, 0.15) is 0 Å². The molecule has 0 radical (unpaired) electrons. The van der Waals surface area contributed by atoms with E-state index in [1.807, 2.05) is 24.3 Å². The molecule has 1 aromatic carbocycles. The molecule has 0 spiro atoms. The molecule has 122 valence electrons. The summed E-state index contributed by atoms with van der Waals surface area (Å²) < 4.78 is 0. The largest absolute Gasteiger partial charge is 0.356 e. The lowest BCUT2D eigenvalue weighted by atomic mass is 10.2. The second kappa shape index (κ2) is 9.70. The molecule has 0 aromatic heterocycles. The number of halogens is 1. The van der Waals surface area contributed by atoms with Crippen LogP contribution in [0.3, 0.4) is 0 Å². The lowest BCUT2D eigenvalue weighted by Crippen LogP contribution is -2.37. The van der Waals surface area contributed by atoms with Crippen LogP contribution in [0.2, 0.25) is 5.02 Å². The molecule has 2 N–H and O–H groups in total. The first-order chi connectivity index (χ1) is 10.8. The SMILES string of the molecule is CN=C(NCCCCN1CCCC1)NCc1ccc(Cl)cc1. The minimum Gasteiger partial charge on any atom is -0.356 e. The maximum atomic E-state index is 5.89. The molecule has 0 saturated carbocycles. The second-order valence-electron chi connectivity index (χ2n) is 5.73. The molecule has 1 aliphatic rings. The summed E-state index contributed by atoms with van der Waals surface area (Å²) in [5.74, 6) is 0.858. The van der Waals surface area contributed by atoms with Crippen molar-refractivity contribution in [2.45, 2.75) is 32.2 Å². The minimum atomic E-state index is 0.755. The Kier molecular flexibility index (Phi) is 7.54. The summed E-state index contributed by atoms with van der Waals surface area (Å²) in [5.41, 5.74) is 1.20. The standard InChI is InChI=1S/C17H27ClN4/c1-19-17(21-14-15-6-8-16(18)9-7-15)20-10-2-3-11-22-12-4-5-13-22/h6-9H,2-5,10-14H2,1H3,(H2,19,20,21). The molecule has 0 atom stereocenters. The lowest BCUT2D eigenvalue weighted by Gasteiger charge is -2.15. The third-order valence-electron chi connectivity index (χ3n) is 3.99. The van der Waals surface area contributed by atoms with Crippen LogP contribution < -0.4 is 10.6 Å². The highest BCUT2D eigenvalue weighted by atomic mass is 35.5. The Balaban J connectivity index is 1.57. The van der Waals surface area contributed by atoms with Crippen molar-refractivity contribution >= 4 is 17.6 Å². The number of guanidine groups is 1. The third kappa shape index (κ3) is 6.24. The van der Waals surface area contributed by atoms with Crippen LogP contribution in [0.5, 0.6) is 0 Å². The molecule has 1 heterocycles. The predicted molar refractivity (Wildman–Crippen MR) is 94.6 cm³/mol. The van der Waals surface area contributed by atoms with Gasteiger partial charge in [-0.25, -0.2) is 0 Å². The molecule has 1 aliphatic heterocycles. The van der Waals surface area contributed by atoms with Gasteiger partial charge in [-0.1, -0.05) is 23.7 Å². The second-order valence-corrected chi connectivity index (χ2v) is 6.17. The molecular weight excluding hydrogens is 296 g/mol. The molecule has 4 nitrogen and oxygen atoms in total. The van der Waals surface area contributed by atoms with Crippen LogP contribution in [0.1, 0.15) is 31.2 Å². The molecule has 0 amide bonds. The topological polar surface area (TPSA) is 39.7 Å². The zero-order valence-electron chi connectivity index (χ0n) is 13.4. The maximum Gasteiger partial charge on any atom is 0.191 e. The van der Waals surface area contributed by atoms with Crippen molar-refractivity contribution in [3.8, 4) is 0 Å². The Morgan fingerprint density at radius 3 is 2.55 bits per heavy atom. The van der Waals surface area contributed by atoms with Crippen LogP contribution >= 0.6 is 11.6 Å². The van der Waals surface area contributed by atoms with Crippen LogP contribution in [0.4, 0.5) is 0 Å². The first-order valence-electron chi connectivity index (χ1n) is 8.19. The number of hydrogen-bond acceptors (Lipinski definition) is 2. The molecule has 1 saturated heterocycles. The van der Waals surface area contributed by atoms with E-state index in [4.69, 9.17) is 11.6 Å². The number of hydrogen-bond donors (Lipinski definition) is 2. The highest BCUT2D eigenvalue weighted by molar-refractivity contribution is 6.30. The number of nitrogens with one attached hydrogen (secondary N) is 2. The van der Waals surface area contributed by atoms with Gasteiger partial charge in [0.25, 0.3) is 0 Å². The van der Waals surface area contributed by atoms with E-state index in [0.717, 1.165) is 24.1 Å². The van der Waals surface area contributed by atoms with Crippen LogP contribution in [-0.4, -0.2) is 44.1 Å². The minimum absolute atomic E-state index is 0.755. The molecule has 2 rings (SSSR count). The summed E-state index contributed by atoms with van der Waals surface area (Å²) >= 11 is 5.89. The average Bonchev–Trinajstić information content (AvgIpc) is 3.05. The molecule has 5 heteroatoms. The van der Waals surface area contributed by atoms with Gasteiger partial charge >= 0.3 is 0 Å². The van der Waals surface area contributed by atoms with E-state index in [-0.39, 0.29) is 0 Å². The van der Waals surface area contributed by atoms with Gasteiger partial charge < -0.3 is 15.5 Å². The van der Waals surface area contributed by atoms with Gasteiger partial charge in [-0.05, 0) is 63.0 Å². The molecule has 1 fully saturated rings. The highest BCUT2D eigenvalue weighted by Gasteiger charge is 2.09. The lowest BCUT2D eigenvalue weighted by molar-refractivity contribution is 0.330. The van der Waals surface area contributed by atoms with E-state index in [1.54, 1.807) is 7.05 Å². The molecular formula is C17H27ClN4. The number of benzene rings is 1. The van der Waals surface area contributed by atoms with Crippen LogP contribution in [0, 0.1) is 0 Å². The van der Waals surface area contributed by atoms with E-state index in [1.165, 1.54) is 50.9 Å². The fourth-order valence-corrected chi connectivity index (χ4v) is 2.81. The zero-order chi connectivity index (χ0) is 15.6. The maximum absolute atomic E-state index is 5.89. The Hall–Kier alpha value is -1.26. The van der Waals surface area contributed by atoms with Crippen LogP contribution in [-0.2, 0) is 6.54 Å². The number of likely N-dealkylation sites (tertiary alicyclic amines) is 1. The summed E-state index contributed by atoms with van der Waals surface area (Å²) in [6.07, 6.45) is 5.18. The predicted octanol–water partition coefficient (Wildman–Crippen LogP) is 2.88. The van der Waals surface area contributed by atoms with Crippen molar-refractivity contribution in [1.29, 1.82) is 0 Å². The number of rotatable bonds is 7. The van der Waals surface area contributed by atoms with Gasteiger partial charge in [-0.2, -0.15) is 0 Å².